The van der Waals surface area contributed by atoms with Gasteiger partial charge in [-0.15, -0.1) is 0 Å². The number of furan rings is 1. The topological polar surface area (TPSA) is 30.2 Å². The average Bonchev–Trinajstić information content (AvgIpc) is 3.02. The van der Waals surface area contributed by atoms with Crippen LogP contribution in [0.2, 0.25) is 0 Å². The molecule has 0 spiro atoms. The molecule has 0 N–H and O–H groups in total. The fourth-order valence-corrected chi connectivity index (χ4v) is 2.54. The fourth-order valence-electron chi connectivity index (χ4n) is 2.54. The van der Waals surface area contributed by atoms with Crippen molar-refractivity contribution in [3.05, 3.63) is 95.9 Å². The Bertz CT molecular complexity index is 645. The van der Waals surface area contributed by atoms with E-state index in [1.807, 2.05) is 72.8 Å². The van der Waals surface area contributed by atoms with Gasteiger partial charge < -0.3 is 4.42 Å². The molecule has 104 valence electrons. The number of ketones is 1. The van der Waals surface area contributed by atoms with E-state index in [4.69, 9.17) is 4.42 Å². The van der Waals surface area contributed by atoms with Crippen molar-refractivity contribution in [2.24, 2.45) is 0 Å². The van der Waals surface area contributed by atoms with E-state index < -0.39 is 0 Å². The Balaban J connectivity index is 1.95. The standard InChI is InChI=1S/C19H16O2/c20-18(14-17-12-7-13-21-17)19(15-8-3-1-4-9-15)16-10-5-2-6-11-16/h1-13,19H,14H2. The summed E-state index contributed by atoms with van der Waals surface area (Å²) in [7, 11) is 0. The van der Waals surface area contributed by atoms with Crippen molar-refractivity contribution in [2.75, 3.05) is 0 Å². The largest absolute Gasteiger partial charge is 0.469 e. The zero-order valence-corrected chi connectivity index (χ0v) is 11.6. The van der Waals surface area contributed by atoms with Crippen molar-refractivity contribution < 1.29 is 9.21 Å². The van der Waals surface area contributed by atoms with E-state index in [0.29, 0.717) is 12.2 Å². The lowest BCUT2D eigenvalue weighted by molar-refractivity contribution is -0.119. The van der Waals surface area contributed by atoms with E-state index in [1.165, 1.54) is 0 Å². The van der Waals surface area contributed by atoms with E-state index in [2.05, 4.69) is 0 Å². The highest BCUT2D eigenvalue weighted by Gasteiger charge is 2.23. The molecule has 1 heterocycles. The zero-order valence-electron chi connectivity index (χ0n) is 11.6. The van der Waals surface area contributed by atoms with Gasteiger partial charge in [-0.1, -0.05) is 60.7 Å². The number of Topliss-reactive ketones (excluding diaryl/α,β-unsaturated/α-hetero) is 1. The highest BCUT2D eigenvalue weighted by atomic mass is 16.3. The van der Waals surface area contributed by atoms with Crippen molar-refractivity contribution in [1.29, 1.82) is 0 Å². The molecule has 0 atom stereocenters. The molecule has 0 aliphatic rings. The molecule has 3 rings (SSSR count). The maximum atomic E-state index is 12.8. The summed E-state index contributed by atoms with van der Waals surface area (Å²) in [6.45, 7) is 0. The lowest BCUT2D eigenvalue weighted by Gasteiger charge is -2.16. The van der Waals surface area contributed by atoms with Gasteiger partial charge in [-0.3, -0.25) is 4.79 Å². The van der Waals surface area contributed by atoms with Crippen LogP contribution in [0.4, 0.5) is 0 Å². The summed E-state index contributed by atoms with van der Waals surface area (Å²) in [5.74, 6) is 0.594. The average molecular weight is 276 g/mol. The van der Waals surface area contributed by atoms with Crippen molar-refractivity contribution in [3.63, 3.8) is 0 Å². The third kappa shape index (κ3) is 3.11. The van der Waals surface area contributed by atoms with Gasteiger partial charge >= 0.3 is 0 Å². The van der Waals surface area contributed by atoms with E-state index in [1.54, 1.807) is 6.26 Å². The first kappa shape index (κ1) is 13.4. The van der Waals surface area contributed by atoms with Crippen LogP contribution < -0.4 is 0 Å². The van der Waals surface area contributed by atoms with Crippen molar-refractivity contribution in [1.82, 2.24) is 0 Å². The van der Waals surface area contributed by atoms with E-state index in [9.17, 15) is 4.79 Å². The summed E-state index contributed by atoms with van der Waals surface area (Å²) in [6.07, 6.45) is 1.91. The van der Waals surface area contributed by atoms with Gasteiger partial charge in [-0.25, -0.2) is 0 Å². The number of hydrogen-bond donors (Lipinski definition) is 0. The predicted molar refractivity (Wildman–Crippen MR) is 82.1 cm³/mol. The Morgan fingerprint density at radius 2 is 1.38 bits per heavy atom. The van der Waals surface area contributed by atoms with Gasteiger partial charge in [0.15, 0.2) is 5.78 Å². The maximum Gasteiger partial charge on any atom is 0.152 e. The summed E-state index contributed by atoms with van der Waals surface area (Å²) in [4.78, 5) is 12.8. The third-order valence-electron chi connectivity index (χ3n) is 3.52. The van der Waals surface area contributed by atoms with Gasteiger partial charge in [0.1, 0.15) is 5.76 Å². The van der Waals surface area contributed by atoms with Gasteiger partial charge in [0, 0.05) is 0 Å². The van der Waals surface area contributed by atoms with Crippen LogP contribution in [-0.2, 0) is 11.2 Å². The van der Waals surface area contributed by atoms with Gasteiger partial charge in [0.05, 0.1) is 18.6 Å². The number of benzene rings is 2. The van der Waals surface area contributed by atoms with Crippen LogP contribution in [0.1, 0.15) is 22.8 Å². The summed E-state index contributed by atoms with van der Waals surface area (Å²) in [5.41, 5.74) is 2.03. The molecule has 0 unspecified atom stereocenters. The quantitative estimate of drug-likeness (QED) is 0.698. The molecular weight excluding hydrogens is 260 g/mol. The first-order valence-electron chi connectivity index (χ1n) is 6.99. The second kappa shape index (κ2) is 6.23. The number of rotatable bonds is 5. The minimum absolute atomic E-state index is 0.141. The molecule has 0 amide bonds. The third-order valence-corrected chi connectivity index (χ3v) is 3.52. The van der Waals surface area contributed by atoms with Gasteiger partial charge in [-0.05, 0) is 23.3 Å². The van der Waals surface area contributed by atoms with Gasteiger partial charge in [0.2, 0.25) is 0 Å². The molecule has 0 saturated heterocycles. The zero-order chi connectivity index (χ0) is 14.5. The van der Waals surface area contributed by atoms with Crippen molar-refractivity contribution in [2.45, 2.75) is 12.3 Å². The monoisotopic (exact) mass is 276 g/mol. The highest BCUT2D eigenvalue weighted by molar-refractivity contribution is 5.90. The van der Waals surface area contributed by atoms with Crippen LogP contribution in [0, 0.1) is 0 Å². The molecule has 1 aromatic heterocycles. The molecule has 2 nitrogen and oxygen atoms in total. The first-order chi connectivity index (χ1) is 10.3. The van der Waals surface area contributed by atoms with Crippen LogP contribution in [-0.4, -0.2) is 5.78 Å². The van der Waals surface area contributed by atoms with E-state index in [-0.39, 0.29) is 11.7 Å². The molecule has 0 fully saturated rings. The number of carbonyl (C=O) groups is 1. The second-order valence-electron chi connectivity index (χ2n) is 4.98. The van der Waals surface area contributed by atoms with Crippen LogP contribution in [0.5, 0.6) is 0 Å². The first-order valence-corrected chi connectivity index (χ1v) is 6.99. The lowest BCUT2D eigenvalue weighted by atomic mass is 9.86. The lowest BCUT2D eigenvalue weighted by Crippen LogP contribution is -2.16. The number of carbonyl (C=O) groups excluding carboxylic acids is 1. The van der Waals surface area contributed by atoms with Gasteiger partial charge in [-0.2, -0.15) is 0 Å². The summed E-state index contributed by atoms with van der Waals surface area (Å²) < 4.78 is 5.31. The molecule has 0 aliphatic heterocycles. The molecule has 0 bridgehead atoms. The van der Waals surface area contributed by atoms with Crippen LogP contribution in [0.3, 0.4) is 0 Å². The smallest absolute Gasteiger partial charge is 0.152 e. The minimum atomic E-state index is -0.252. The molecule has 0 saturated carbocycles. The highest BCUT2D eigenvalue weighted by Crippen LogP contribution is 2.26. The minimum Gasteiger partial charge on any atom is -0.469 e. The summed E-state index contributed by atoms with van der Waals surface area (Å²) in [6, 6.07) is 23.4. The summed E-state index contributed by atoms with van der Waals surface area (Å²) >= 11 is 0. The Kier molecular flexibility index (Phi) is 3.97. The molecule has 0 aliphatic carbocycles. The van der Waals surface area contributed by atoms with E-state index >= 15 is 0 Å². The molecule has 3 aromatic rings. The number of hydrogen-bond acceptors (Lipinski definition) is 2. The molecule has 0 radical (unpaired) electrons. The maximum absolute atomic E-state index is 12.8. The SMILES string of the molecule is O=C(Cc1ccco1)C(c1ccccc1)c1ccccc1. The Hall–Kier alpha value is -2.61. The van der Waals surface area contributed by atoms with Crippen molar-refractivity contribution in [3.8, 4) is 0 Å². The van der Waals surface area contributed by atoms with Gasteiger partial charge in [0.25, 0.3) is 0 Å². The Morgan fingerprint density at radius 3 is 1.86 bits per heavy atom. The fraction of sp³-hybridized carbons (Fsp3) is 0.105. The van der Waals surface area contributed by atoms with Crippen LogP contribution in [0.15, 0.2) is 83.5 Å². The molecule has 2 heteroatoms. The normalized spacial score (nSPS) is 10.7. The molecule has 21 heavy (non-hydrogen) atoms. The van der Waals surface area contributed by atoms with Crippen molar-refractivity contribution >= 4 is 5.78 Å². The Labute approximate surface area is 124 Å². The second-order valence-corrected chi connectivity index (χ2v) is 4.98. The van der Waals surface area contributed by atoms with Crippen LogP contribution in [0.25, 0.3) is 0 Å². The summed E-state index contributed by atoms with van der Waals surface area (Å²) in [5, 5.41) is 0. The van der Waals surface area contributed by atoms with E-state index in [0.717, 1.165) is 11.1 Å². The van der Waals surface area contributed by atoms with Crippen LogP contribution >= 0.6 is 0 Å². The predicted octanol–water partition coefficient (Wildman–Crippen LogP) is 4.22. The molecule has 2 aromatic carbocycles. The molecular formula is C19H16O2. The Morgan fingerprint density at radius 1 is 0.810 bits per heavy atom.